The van der Waals surface area contributed by atoms with Gasteiger partial charge in [0.05, 0.1) is 11.2 Å². The highest BCUT2D eigenvalue weighted by Gasteiger charge is 2.14. The topological polar surface area (TPSA) is 91.3 Å². The van der Waals surface area contributed by atoms with Crippen molar-refractivity contribution in [3.8, 4) is 0 Å². The number of para-hydroxylation sites is 1. The Labute approximate surface area is 128 Å². The lowest BCUT2D eigenvalue weighted by Gasteiger charge is -2.08. The van der Waals surface area contributed by atoms with Crippen LogP contribution in [-0.2, 0) is 9.59 Å². The Morgan fingerprint density at radius 1 is 1.05 bits per heavy atom. The van der Waals surface area contributed by atoms with Crippen molar-refractivity contribution >= 4 is 28.4 Å². The summed E-state index contributed by atoms with van der Waals surface area (Å²) in [7, 11) is 0. The fraction of sp³-hybridized carbons (Fsp3) is 0.312. The van der Waals surface area contributed by atoms with Crippen LogP contribution in [0.2, 0.25) is 0 Å². The van der Waals surface area contributed by atoms with Crippen LogP contribution in [0.1, 0.15) is 19.3 Å². The minimum Gasteiger partial charge on any atom is -0.396 e. The zero-order valence-electron chi connectivity index (χ0n) is 12.2. The van der Waals surface area contributed by atoms with Gasteiger partial charge in [0.2, 0.25) is 0 Å². The Bertz CT molecular complexity index is 653. The first-order valence-electron chi connectivity index (χ1n) is 7.26. The molecule has 0 bridgehead atoms. The molecule has 1 heterocycles. The monoisotopic (exact) mass is 301 g/mol. The van der Waals surface area contributed by atoms with Crippen LogP contribution in [0.3, 0.4) is 0 Å². The van der Waals surface area contributed by atoms with Crippen LogP contribution < -0.4 is 10.6 Å². The van der Waals surface area contributed by atoms with Crippen LogP contribution in [0, 0.1) is 0 Å². The average Bonchev–Trinajstić information content (AvgIpc) is 2.54. The van der Waals surface area contributed by atoms with E-state index in [0.717, 1.165) is 18.2 Å². The number of benzene rings is 1. The Hall–Kier alpha value is -2.47. The van der Waals surface area contributed by atoms with Gasteiger partial charge in [-0.1, -0.05) is 18.2 Å². The first-order valence-corrected chi connectivity index (χ1v) is 7.26. The molecule has 1 aromatic heterocycles. The molecule has 22 heavy (non-hydrogen) atoms. The molecular formula is C16H19N3O3. The quantitative estimate of drug-likeness (QED) is 0.556. The van der Waals surface area contributed by atoms with Gasteiger partial charge in [0.25, 0.3) is 0 Å². The van der Waals surface area contributed by atoms with Gasteiger partial charge in [0, 0.05) is 24.7 Å². The maximum atomic E-state index is 11.9. The highest BCUT2D eigenvalue weighted by Crippen LogP contribution is 2.20. The molecule has 6 nitrogen and oxygen atoms in total. The van der Waals surface area contributed by atoms with Crippen LogP contribution in [0.15, 0.2) is 36.5 Å². The summed E-state index contributed by atoms with van der Waals surface area (Å²) in [6.45, 7) is 0.558. The number of nitrogens with one attached hydrogen (secondary N) is 2. The van der Waals surface area contributed by atoms with Crippen molar-refractivity contribution in [2.75, 3.05) is 18.5 Å². The summed E-state index contributed by atoms with van der Waals surface area (Å²) < 4.78 is 0. The van der Waals surface area contributed by atoms with E-state index in [1.807, 2.05) is 18.2 Å². The van der Waals surface area contributed by atoms with E-state index in [9.17, 15) is 9.59 Å². The van der Waals surface area contributed by atoms with Gasteiger partial charge < -0.3 is 15.7 Å². The van der Waals surface area contributed by atoms with Gasteiger partial charge in [-0.3, -0.25) is 14.6 Å². The van der Waals surface area contributed by atoms with E-state index in [4.69, 9.17) is 5.11 Å². The second-order valence-electron chi connectivity index (χ2n) is 4.87. The molecule has 116 valence electrons. The van der Waals surface area contributed by atoms with Gasteiger partial charge in [-0.25, -0.2) is 0 Å². The number of anilines is 1. The number of carbonyl (C=O) groups is 2. The standard InChI is InChI=1S/C16H19N3O3/c20-11-3-1-2-9-18-15(21)16(22)19-13-8-4-6-12-7-5-10-17-14(12)13/h4-8,10,20H,1-3,9,11H2,(H,18,21)(H,19,22). The highest BCUT2D eigenvalue weighted by molar-refractivity contribution is 6.40. The van der Waals surface area contributed by atoms with Crippen LogP contribution in [0.25, 0.3) is 10.9 Å². The number of rotatable bonds is 6. The van der Waals surface area contributed by atoms with Crippen molar-refractivity contribution in [2.45, 2.75) is 19.3 Å². The minimum atomic E-state index is -0.708. The first kappa shape index (κ1) is 15.9. The Kier molecular flexibility index (Phi) is 5.85. The maximum absolute atomic E-state index is 11.9. The van der Waals surface area contributed by atoms with E-state index in [2.05, 4.69) is 15.6 Å². The number of nitrogens with zero attached hydrogens (tertiary/aromatic N) is 1. The molecule has 0 spiro atoms. The normalized spacial score (nSPS) is 10.4. The molecule has 2 rings (SSSR count). The predicted molar refractivity (Wildman–Crippen MR) is 84.3 cm³/mol. The molecule has 6 heteroatoms. The molecule has 0 unspecified atom stereocenters. The lowest BCUT2D eigenvalue weighted by atomic mass is 10.2. The van der Waals surface area contributed by atoms with Crippen molar-refractivity contribution in [2.24, 2.45) is 0 Å². The van der Waals surface area contributed by atoms with Crippen LogP contribution in [0.4, 0.5) is 5.69 Å². The molecule has 1 aromatic carbocycles. The molecule has 0 saturated carbocycles. The van der Waals surface area contributed by atoms with Crippen molar-refractivity contribution in [1.29, 1.82) is 0 Å². The number of unbranched alkanes of at least 4 members (excludes halogenated alkanes) is 2. The van der Waals surface area contributed by atoms with E-state index in [0.29, 0.717) is 24.2 Å². The van der Waals surface area contributed by atoms with Crippen LogP contribution in [0.5, 0.6) is 0 Å². The molecule has 2 aromatic rings. The summed E-state index contributed by atoms with van der Waals surface area (Å²) in [5.41, 5.74) is 1.16. The average molecular weight is 301 g/mol. The third-order valence-electron chi connectivity index (χ3n) is 3.21. The molecule has 2 amide bonds. The minimum absolute atomic E-state index is 0.141. The van der Waals surface area contributed by atoms with E-state index in [1.54, 1.807) is 18.3 Å². The van der Waals surface area contributed by atoms with Crippen molar-refractivity contribution in [1.82, 2.24) is 10.3 Å². The Morgan fingerprint density at radius 3 is 2.68 bits per heavy atom. The third-order valence-corrected chi connectivity index (χ3v) is 3.21. The highest BCUT2D eigenvalue weighted by atomic mass is 16.3. The van der Waals surface area contributed by atoms with Crippen molar-refractivity contribution in [3.05, 3.63) is 36.5 Å². The number of hydrogen-bond acceptors (Lipinski definition) is 4. The Morgan fingerprint density at radius 2 is 1.86 bits per heavy atom. The van der Waals surface area contributed by atoms with Gasteiger partial charge in [-0.05, 0) is 31.4 Å². The lowest BCUT2D eigenvalue weighted by Crippen LogP contribution is -2.36. The lowest BCUT2D eigenvalue weighted by molar-refractivity contribution is -0.136. The van der Waals surface area contributed by atoms with Gasteiger partial charge in [0.1, 0.15) is 0 Å². The number of amides is 2. The number of pyridine rings is 1. The Balaban J connectivity index is 1.92. The summed E-state index contributed by atoms with van der Waals surface area (Å²) >= 11 is 0. The van der Waals surface area contributed by atoms with Crippen molar-refractivity contribution in [3.63, 3.8) is 0 Å². The van der Waals surface area contributed by atoms with Crippen molar-refractivity contribution < 1.29 is 14.7 Å². The molecule has 0 radical (unpaired) electrons. The van der Waals surface area contributed by atoms with Gasteiger partial charge in [-0.15, -0.1) is 0 Å². The number of aliphatic hydroxyl groups is 1. The first-order chi connectivity index (χ1) is 10.7. The van der Waals surface area contributed by atoms with Gasteiger partial charge in [0.15, 0.2) is 0 Å². The maximum Gasteiger partial charge on any atom is 0.313 e. The molecule has 3 N–H and O–H groups in total. The number of aromatic nitrogens is 1. The van der Waals surface area contributed by atoms with E-state index in [1.165, 1.54) is 0 Å². The van der Waals surface area contributed by atoms with Gasteiger partial charge >= 0.3 is 11.8 Å². The summed E-state index contributed by atoms with van der Waals surface area (Å²) in [5, 5.41) is 14.7. The molecule has 0 fully saturated rings. The summed E-state index contributed by atoms with van der Waals surface area (Å²) in [4.78, 5) is 27.8. The van der Waals surface area contributed by atoms with E-state index >= 15 is 0 Å². The van der Waals surface area contributed by atoms with E-state index < -0.39 is 11.8 Å². The number of hydrogen-bond donors (Lipinski definition) is 3. The fourth-order valence-corrected chi connectivity index (χ4v) is 2.08. The molecule has 0 aliphatic heterocycles. The van der Waals surface area contributed by atoms with Crippen LogP contribution >= 0.6 is 0 Å². The number of carbonyl (C=O) groups excluding carboxylic acids is 2. The molecular weight excluding hydrogens is 282 g/mol. The third kappa shape index (κ3) is 4.26. The largest absolute Gasteiger partial charge is 0.396 e. The summed E-state index contributed by atoms with van der Waals surface area (Å²) in [6, 6.07) is 9.10. The van der Waals surface area contributed by atoms with Crippen LogP contribution in [-0.4, -0.2) is 35.1 Å². The SMILES string of the molecule is O=C(NCCCCCO)C(=O)Nc1cccc2cccnc12. The molecule has 0 atom stereocenters. The predicted octanol–water partition coefficient (Wildman–Crippen LogP) is 1.45. The van der Waals surface area contributed by atoms with E-state index in [-0.39, 0.29) is 6.61 Å². The van der Waals surface area contributed by atoms with Gasteiger partial charge in [-0.2, -0.15) is 0 Å². The number of aliphatic hydroxyl groups excluding tert-OH is 1. The molecule has 0 aliphatic carbocycles. The fourth-order valence-electron chi connectivity index (χ4n) is 2.08. The summed E-state index contributed by atoms with van der Waals surface area (Å²) in [5.74, 6) is -1.38. The smallest absolute Gasteiger partial charge is 0.313 e. The molecule has 0 aliphatic rings. The zero-order chi connectivity index (χ0) is 15.8. The molecule has 0 saturated heterocycles. The zero-order valence-corrected chi connectivity index (χ0v) is 12.2. The second kappa shape index (κ2) is 8.09. The summed E-state index contributed by atoms with van der Waals surface area (Å²) in [6.07, 6.45) is 3.88. The number of fused-ring (bicyclic) bond motifs is 1. The second-order valence-corrected chi connectivity index (χ2v) is 4.87.